The van der Waals surface area contributed by atoms with Gasteiger partial charge in [0.15, 0.2) is 0 Å². The number of hydrogen-bond acceptors (Lipinski definition) is 4. The molecule has 1 atom stereocenters. The highest BCUT2D eigenvalue weighted by molar-refractivity contribution is 9.10. The number of halogens is 1. The summed E-state index contributed by atoms with van der Waals surface area (Å²) in [6, 6.07) is 5.15. The van der Waals surface area contributed by atoms with E-state index in [4.69, 9.17) is 10.5 Å². The van der Waals surface area contributed by atoms with Gasteiger partial charge in [-0.15, -0.1) is 0 Å². The van der Waals surface area contributed by atoms with Gasteiger partial charge in [0, 0.05) is 34.7 Å². The lowest BCUT2D eigenvalue weighted by Crippen LogP contribution is -2.33. The third-order valence-electron chi connectivity index (χ3n) is 3.43. The second-order valence-corrected chi connectivity index (χ2v) is 5.63. The van der Waals surface area contributed by atoms with E-state index in [1.54, 1.807) is 6.07 Å². The summed E-state index contributed by atoms with van der Waals surface area (Å²) in [7, 11) is 0. The van der Waals surface area contributed by atoms with Crippen LogP contribution in [0.4, 0.5) is 5.69 Å². The van der Waals surface area contributed by atoms with Crippen LogP contribution in [-0.2, 0) is 11.2 Å². The van der Waals surface area contributed by atoms with Crippen molar-refractivity contribution in [3.05, 3.63) is 38.3 Å². The molecular formula is C12H15BrN2O3. The average Bonchev–Trinajstić information content (AvgIpc) is 2.80. The van der Waals surface area contributed by atoms with Crippen molar-refractivity contribution < 1.29 is 9.66 Å². The highest BCUT2D eigenvalue weighted by Gasteiger charge is 2.35. The minimum absolute atomic E-state index is 0.143. The summed E-state index contributed by atoms with van der Waals surface area (Å²) in [4.78, 5) is 10.7. The molecule has 18 heavy (non-hydrogen) atoms. The van der Waals surface area contributed by atoms with Crippen molar-refractivity contribution in [2.24, 2.45) is 11.1 Å². The van der Waals surface area contributed by atoms with Gasteiger partial charge in [0.25, 0.3) is 5.69 Å². The molecule has 6 heteroatoms. The van der Waals surface area contributed by atoms with E-state index in [-0.39, 0.29) is 16.0 Å². The number of nitrogens with two attached hydrogens (primary N) is 1. The number of hydrogen-bond donors (Lipinski definition) is 1. The molecule has 0 radical (unpaired) electrons. The molecule has 0 aliphatic carbocycles. The van der Waals surface area contributed by atoms with Crippen LogP contribution in [0.1, 0.15) is 12.0 Å². The fourth-order valence-electron chi connectivity index (χ4n) is 2.28. The van der Waals surface area contributed by atoms with Crippen LogP contribution in [0.2, 0.25) is 0 Å². The molecule has 0 saturated carbocycles. The second kappa shape index (κ2) is 5.34. The summed E-state index contributed by atoms with van der Waals surface area (Å²) in [6.07, 6.45) is 1.45. The lowest BCUT2D eigenvalue weighted by atomic mass is 9.81. The number of rotatable bonds is 4. The summed E-state index contributed by atoms with van der Waals surface area (Å²) >= 11 is 3.25. The molecule has 98 valence electrons. The van der Waals surface area contributed by atoms with E-state index in [9.17, 15) is 10.1 Å². The Labute approximate surface area is 114 Å². The van der Waals surface area contributed by atoms with Gasteiger partial charge in [-0.1, -0.05) is 22.0 Å². The first-order valence-electron chi connectivity index (χ1n) is 5.77. The maximum Gasteiger partial charge on any atom is 0.273 e. The van der Waals surface area contributed by atoms with E-state index in [1.165, 1.54) is 6.07 Å². The van der Waals surface area contributed by atoms with Crippen LogP contribution in [0.5, 0.6) is 0 Å². The third kappa shape index (κ3) is 2.71. The first kappa shape index (κ1) is 13.5. The highest BCUT2D eigenvalue weighted by Crippen LogP contribution is 2.35. The van der Waals surface area contributed by atoms with Gasteiger partial charge < -0.3 is 10.5 Å². The Bertz CT molecular complexity index is 459. The molecule has 1 aliphatic rings. The Hall–Kier alpha value is -0.980. The molecule has 2 rings (SSSR count). The Balaban J connectivity index is 2.30. The number of benzene rings is 1. The van der Waals surface area contributed by atoms with Crippen molar-refractivity contribution in [3.8, 4) is 0 Å². The Morgan fingerprint density at radius 3 is 2.89 bits per heavy atom. The van der Waals surface area contributed by atoms with Crippen LogP contribution < -0.4 is 5.73 Å². The van der Waals surface area contributed by atoms with E-state index in [0.29, 0.717) is 30.7 Å². The minimum Gasteiger partial charge on any atom is -0.381 e. The Morgan fingerprint density at radius 2 is 2.33 bits per heavy atom. The maximum atomic E-state index is 11.1. The summed E-state index contributed by atoms with van der Waals surface area (Å²) in [5.41, 5.74) is 6.52. The van der Waals surface area contributed by atoms with Crippen LogP contribution in [0.15, 0.2) is 22.7 Å². The number of nitro groups is 1. The molecular weight excluding hydrogens is 300 g/mol. The van der Waals surface area contributed by atoms with Gasteiger partial charge >= 0.3 is 0 Å². The van der Waals surface area contributed by atoms with Crippen molar-refractivity contribution in [2.75, 3.05) is 19.8 Å². The van der Waals surface area contributed by atoms with Crippen LogP contribution in [0.25, 0.3) is 0 Å². The molecule has 0 bridgehead atoms. The minimum atomic E-state index is -0.347. The average molecular weight is 315 g/mol. The second-order valence-electron chi connectivity index (χ2n) is 4.71. The topological polar surface area (TPSA) is 78.4 Å². The lowest BCUT2D eigenvalue weighted by molar-refractivity contribution is -0.385. The molecule has 1 aliphatic heterocycles. The fraction of sp³-hybridized carbons (Fsp3) is 0.500. The molecule has 1 aromatic carbocycles. The molecule has 0 aromatic heterocycles. The smallest absolute Gasteiger partial charge is 0.273 e. The highest BCUT2D eigenvalue weighted by atomic mass is 79.9. The molecule has 2 N–H and O–H groups in total. The summed E-state index contributed by atoms with van der Waals surface area (Å²) in [5, 5.41) is 11.1. The Morgan fingerprint density at radius 1 is 1.56 bits per heavy atom. The van der Waals surface area contributed by atoms with Crippen LogP contribution in [0, 0.1) is 15.5 Å². The van der Waals surface area contributed by atoms with E-state index in [0.717, 1.165) is 12.0 Å². The predicted molar refractivity (Wildman–Crippen MR) is 71.4 cm³/mol. The van der Waals surface area contributed by atoms with Crippen molar-refractivity contribution in [1.29, 1.82) is 0 Å². The van der Waals surface area contributed by atoms with Crippen LogP contribution >= 0.6 is 15.9 Å². The standard InChI is InChI=1S/C12H15BrN2O3/c13-10-2-1-9(11(5-10)15(16)17)6-12(7-14)3-4-18-8-12/h1-2,5H,3-4,6-8,14H2. The zero-order valence-electron chi connectivity index (χ0n) is 9.89. The molecule has 1 saturated heterocycles. The van der Waals surface area contributed by atoms with Gasteiger partial charge in [-0.3, -0.25) is 10.1 Å². The SMILES string of the molecule is NCC1(Cc2ccc(Br)cc2[N+](=O)[O-])CCOC1. The van der Waals surface area contributed by atoms with Gasteiger partial charge in [0.2, 0.25) is 0 Å². The van der Waals surface area contributed by atoms with Gasteiger partial charge in [0.05, 0.1) is 11.5 Å². The fourth-order valence-corrected chi connectivity index (χ4v) is 2.63. The third-order valence-corrected chi connectivity index (χ3v) is 3.92. The normalized spacial score (nSPS) is 23.2. The van der Waals surface area contributed by atoms with Crippen LogP contribution in [-0.4, -0.2) is 24.7 Å². The van der Waals surface area contributed by atoms with Gasteiger partial charge in [-0.2, -0.15) is 0 Å². The van der Waals surface area contributed by atoms with Gasteiger partial charge in [0.1, 0.15) is 0 Å². The number of nitro benzene ring substituents is 1. The summed E-state index contributed by atoms with van der Waals surface area (Å²) in [6.45, 7) is 1.75. The molecule has 5 nitrogen and oxygen atoms in total. The summed E-state index contributed by atoms with van der Waals surface area (Å²) in [5.74, 6) is 0. The van der Waals surface area contributed by atoms with Crippen molar-refractivity contribution in [2.45, 2.75) is 12.8 Å². The van der Waals surface area contributed by atoms with Crippen molar-refractivity contribution in [3.63, 3.8) is 0 Å². The van der Waals surface area contributed by atoms with E-state index < -0.39 is 0 Å². The van der Waals surface area contributed by atoms with E-state index >= 15 is 0 Å². The largest absolute Gasteiger partial charge is 0.381 e. The maximum absolute atomic E-state index is 11.1. The monoisotopic (exact) mass is 314 g/mol. The first-order valence-corrected chi connectivity index (χ1v) is 6.56. The molecule has 1 heterocycles. The van der Waals surface area contributed by atoms with Crippen molar-refractivity contribution >= 4 is 21.6 Å². The van der Waals surface area contributed by atoms with Crippen molar-refractivity contribution in [1.82, 2.24) is 0 Å². The predicted octanol–water partition coefficient (Wildman–Crippen LogP) is 2.27. The van der Waals surface area contributed by atoms with Crippen LogP contribution in [0.3, 0.4) is 0 Å². The van der Waals surface area contributed by atoms with E-state index in [1.807, 2.05) is 6.07 Å². The zero-order valence-corrected chi connectivity index (χ0v) is 11.5. The summed E-state index contributed by atoms with van der Waals surface area (Å²) < 4.78 is 6.10. The number of nitrogens with zero attached hydrogens (tertiary/aromatic N) is 1. The van der Waals surface area contributed by atoms with Gasteiger partial charge in [-0.05, 0) is 18.9 Å². The molecule has 1 fully saturated rings. The Kier molecular flexibility index (Phi) is 3.99. The first-order chi connectivity index (χ1) is 8.56. The molecule has 0 amide bonds. The molecule has 1 unspecified atom stereocenters. The molecule has 0 spiro atoms. The number of ether oxygens (including phenoxy) is 1. The quantitative estimate of drug-likeness (QED) is 0.683. The zero-order chi connectivity index (χ0) is 13.2. The lowest BCUT2D eigenvalue weighted by Gasteiger charge is -2.25. The van der Waals surface area contributed by atoms with E-state index in [2.05, 4.69) is 15.9 Å². The van der Waals surface area contributed by atoms with Gasteiger partial charge in [-0.25, -0.2) is 0 Å². The molecule has 1 aromatic rings.